The molecule has 0 saturated heterocycles. The minimum Gasteiger partial charge on any atom is -0.481 e. The number of carboxylic acids is 1. The van der Waals surface area contributed by atoms with Crippen molar-refractivity contribution in [3.05, 3.63) is 28.2 Å². The third-order valence-electron chi connectivity index (χ3n) is 2.82. The van der Waals surface area contributed by atoms with E-state index in [4.69, 9.17) is 5.11 Å². The molecular formula is C13H18BrNO2. The first-order valence-electron chi connectivity index (χ1n) is 5.56. The average Bonchev–Trinajstić information content (AvgIpc) is 2.23. The van der Waals surface area contributed by atoms with Crippen LogP contribution in [0, 0.1) is 12.3 Å². The first kappa shape index (κ1) is 14.0. The fraction of sp³-hybridized carbons (Fsp3) is 0.462. The molecule has 3 nitrogen and oxygen atoms in total. The number of rotatable bonds is 5. The van der Waals surface area contributed by atoms with Crippen LogP contribution >= 0.6 is 15.9 Å². The number of carboxylic acid groups (broad SMARTS) is 1. The van der Waals surface area contributed by atoms with Crippen LogP contribution in [0.2, 0.25) is 0 Å². The second kappa shape index (κ2) is 5.54. The summed E-state index contributed by atoms with van der Waals surface area (Å²) in [6.07, 6.45) is 0.595. The molecule has 1 rings (SSSR count). The molecule has 0 fully saturated rings. The molecule has 0 unspecified atom stereocenters. The summed E-state index contributed by atoms with van der Waals surface area (Å²) < 4.78 is 1.08. The fourth-order valence-electron chi connectivity index (χ4n) is 1.38. The predicted molar refractivity (Wildman–Crippen MR) is 73.4 cm³/mol. The lowest BCUT2D eigenvalue weighted by Crippen LogP contribution is -2.26. The molecule has 0 spiro atoms. The zero-order valence-electron chi connectivity index (χ0n) is 10.4. The number of halogens is 1. The van der Waals surface area contributed by atoms with Crippen molar-refractivity contribution >= 4 is 27.6 Å². The van der Waals surface area contributed by atoms with E-state index in [1.807, 2.05) is 25.1 Å². The van der Waals surface area contributed by atoms with E-state index in [9.17, 15) is 4.79 Å². The second-order valence-corrected chi connectivity index (χ2v) is 5.68. The molecule has 0 heterocycles. The average molecular weight is 300 g/mol. The molecule has 0 radical (unpaired) electrons. The number of hydrogen-bond donors (Lipinski definition) is 2. The van der Waals surface area contributed by atoms with Crippen LogP contribution in [0.3, 0.4) is 0 Å². The molecule has 1 aromatic rings. The van der Waals surface area contributed by atoms with Gasteiger partial charge in [-0.1, -0.05) is 15.9 Å². The van der Waals surface area contributed by atoms with Gasteiger partial charge < -0.3 is 10.4 Å². The summed E-state index contributed by atoms with van der Waals surface area (Å²) in [5.41, 5.74) is 1.50. The van der Waals surface area contributed by atoms with Gasteiger partial charge in [-0.15, -0.1) is 0 Å². The monoisotopic (exact) mass is 299 g/mol. The Hall–Kier alpha value is -1.03. The molecule has 2 N–H and O–H groups in total. The van der Waals surface area contributed by atoms with Crippen LogP contribution in [0.1, 0.15) is 25.8 Å². The van der Waals surface area contributed by atoms with Gasteiger partial charge in [0.25, 0.3) is 0 Å². The Labute approximate surface area is 110 Å². The van der Waals surface area contributed by atoms with Crippen molar-refractivity contribution in [1.82, 2.24) is 0 Å². The number of carbonyl (C=O) groups is 1. The largest absolute Gasteiger partial charge is 0.481 e. The summed E-state index contributed by atoms with van der Waals surface area (Å²) in [4.78, 5) is 10.9. The van der Waals surface area contributed by atoms with E-state index in [0.29, 0.717) is 13.0 Å². The van der Waals surface area contributed by atoms with Gasteiger partial charge in [0, 0.05) is 16.7 Å². The van der Waals surface area contributed by atoms with Gasteiger partial charge in [-0.25, -0.2) is 0 Å². The van der Waals surface area contributed by atoms with E-state index in [1.165, 1.54) is 0 Å². The molecule has 0 saturated carbocycles. The summed E-state index contributed by atoms with van der Waals surface area (Å²) in [7, 11) is 0. The van der Waals surface area contributed by atoms with E-state index >= 15 is 0 Å². The normalized spacial score (nSPS) is 11.3. The Balaban J connectivity index is 2.51. The van der Waals surface area contributed by atoms with Crippen LogP contribution in [0.25, 0.3) is 0 Å². The van der Waals surface area contributed by atoms with E-state index in [-0.39, 0.29) is 0 Å². The highest BCUT2D eigenvalue weighted by Gasteiger charge is 2.26. The van der Waals surface area contributed by atoms with E-state index < -0.39 is 11.4 Å². The van der Waals surface area contributed by atoms with Gasteiger partial charge in [0.05, 0.1) is 5.41 Å². The molecule has 0 aliphatic heterocycles. The van der Waals surface area contributed by atoms with Gasteiger partial charge >= 0.3 is 5.97 Å². The van der Waals surface area contributed by atoms with Crippen LogP contribution in [-0.2, 0) is 4.79 Å². The number of hydrogen-bond acceptors (Lipinski definition) is 2. The molecule has 0 aromatic heterocycles. The Morgan fingerprint density at radius 1 is 1.47 bits per heavy atom. The third-order valence-corrected chi connectivity index (χ3v) is 3.71. The van der Waals surface area contributed by atoms with Gasteiger partial charge in [0.2, 0.25) is 0 Å². The van der Waals surface area contributed by atoms with Crippen molar-refractivity contribution in [1.29, 1.82) is 0 Å². The molecule has 0 amide bonds. The fourth-order valence-corrected chi connectivity index (χ4v) is 1.63. The smallest absolute Gasteiger partial charge is 0.309 e. The van der Waals surface area contributed by atoms with Crippen LogP contribution in [-0.4, -0.2) is 17.6 Å². The molecule has 17 heavy (non-hydrogen) atoms. The molecule has 1 aromatic carbocycles. The highest BCUT2D eigenvalue weighted by atomic mass is 79.9. The zero-order valence-corrected chi connectivity index (χ0v) is 12.0. The van der Waals surface area contributed by atoms with Crippen LogP contribution in [0.4, 0.5) is 5.69 Å². The maximum Gasteiger partial charge on any atom is 0.309 e. The number of anilines is 1. The van der Waals surface area contributed by atoms with E-state index in [2.05, 4.69) is 21.2 Å². The molecule has 0 aliphatic rings. The molecule has 0 atom stereocenters. The molecule has 94 valence electrons. The maximum absolute atomic E-state index is 10.9. The number of nitrogens with one attached hydrogen (secondary N) is 1. The minimum absolute atomic E-state index is 0.595. The SMILES string of the molecule is Cc1cc(NCCC(C)(C)C(=O)O)ccc1Br. The highest BCUT2D eigenvalue weighted by Crippen LogP contribution is 2.22. The van der Waals surface area contributed by atoms with Crippen molar-refractivity contribution in [3.8, 4) is 0 Å². The van der Waals surface area contributed by atoms with Crippen LogP contribution < -0.4 is 5.32 Å². The predicted octanol–water partition coefficient (Wildman–Crippen LogP) is 3.67. The zero-order chi connectivity index (χ0) is 13.1. The Morgan fingerprint density at radius 2 is 2.12 bits per heavy atom. The van der Waals surface area contributed by atoms with Crippen molar-refractivity contribution in [2.75, 3.05) is 11.9 Å². The molecular weight excluding hydrogens is 282 g/mol. The maximum atomic E-state index is 10.9. The Bertz CT molecular complexity index is 416. The van der Waals surface area contributed by atoms with Crippen molar-refractivity contribution in [2.24, 2.45) is 5.41 Å². The summed E-state index contributed by atoms with van der Waals surface area (Å²) >= 11 is 3.44. The van der Waals surface area contributed by atoms with E-state index in [0.717, 1.165) is 15.7 Å². The van der Waals surface area contributed by atoms with Crippen molar-refractivity contribution in [3.63, 3.8) is 0 Å². The van der Waals surface area contributed by atoms with Crippen molar-refractivity contribution < 1.29 is 9.90 Å². The number of benzene rings is 1. The van der Waals surface area contributed by atoms with Gasteiger partial charge in [-0.3, -0.25) is 4.79 Å². The summed E-state index contributed by atoms with van der Waals surface area (Å²) in [6.45, 7) is 6.16. The van der Waals surface area contributed by atoms with Gasteiger partial charge in [-0.05, 0) is 51.0 Å². The van der Waals surface area contributed by atoms with Gasteiger partial charge in [0.1, 0.15) is 0 Å². The first-order chi connectivity index (χ1) is 7.83. The van der Waals surface area contributed by atoms with Crippen LogP contribution in [0.5, 0.6) is 0 Å². The van der Waals surface area contributed by atoms with Crippen molar-refractivity contribution in [2.45, 2.75) is 27.2 Å². The second-order valence-electron chi connectivity index (χ2n) is 4.83. The van der Waals surface area contributed by atoms with Gasteiger partial charge in [-0.2, -0.15) is 0 Å². The van der Waals surface area contributed by atoms with E-state index in [1.54, 1.807) is 13.8 Å². The number of aryl methyl sites for hydroxylation is 1. The third kappa shape index (κ3) is 4.04. The lowest BCUT2D eigenvalue weighted by Gasteiger charge is -2.19. The topological polar surface area (TPSA) is 49.3 Å². The van der Waals surface area contributed by atoms with Crippen LogP contribution in [0.15, 0.2) is 22.7 Å². The quantitative estimate of drug-likeness (QED) is 0.872. The Kier molecular flexibility index (Phi) is 4.57. The summed E-state index contributed by atoms with van der Waals surface area (Å²) in [5, 5.41) is 12.2. The Morgan fingerprint density at radius 3 is 2.65 bits per heavy atom. The highest BCUT2D eigenvalue weighted by molar-refractivity contribution is 9.10. The summed E-state index contributed by atoms with van der Waals surface area (Å²) in [5.74, 6) is -0.758. The first-order valence-corrected chi connectivity index (χ1v) is 6.35. The lowest BCUT2D eigenvalue weighted by molar-refractivity contribution is -0.147. The molecule has 0 aliphatic carbocycles. The molecule has 0 bridgehead atoms. The lowest BCUT2D eigenvalue weighted by atomic mass is 9.90. The van der Waals surface area contributed by atoms with Gasteiger partial charge in [0.15, 0.2) is 0 Å². The summed E-state index contributed by atoms with van der Waals surface area (Å²) in [6, 6.07) is 6.00. The molecule has 4 heteroatoms. The number of aliphatic carboxylic acids is 1. The standard InChI is InChI=1S/C13H18BrNO2/c1-9-8-10(4-5-11(9)14)15-7-6-13(2,3)12(16)17/h4-5,8,15H,6-7H2,1-3H3,(H,16,17). The minimum atomic E-state index is -0.758.